The lowest BCUT2D eigenvalue weighted by Crippen LogP contribution is -2.49. The minimum absolute atomic E-state index is 0.705. The van der Waals surface area contributed by atoms with E-state index in [2.05, 4.69) is 54.0 Å². The Kier molecular flexibility index (Phi) is 6.61. The Labute approximate surface area is 138 Å². The zero-order valence-corrected chi connectivity index (χ0v) is 15.1. The summed E-state index contributed by atoms with van der Waals surface area (Å²) >= 11 is 2.10. The van der Waals surface area contributed by atoms with E-state index >= 15 is 0 Å². The molecule has 1 saturated heterocycles. The summed E-state index contributed by atoms with van der Waals surface area (Å²) in [6.07, 6.45) is 4.93. The van der Waals surface area contributed by atoms with Crippen LogP contribution in [0.2, 0.25) is 0 Å². The van der Waals surface area contributed by atoms with Crippen LogP contribution in [0.1, 0.15) is 26.3 Å². The van der Waals surface area contributed by atoms with Crippen LogP contribution in [0.4, 0.5) is 0 Å². The number of guanidine groups is 1. The molecule has 0 saturated carbocycles. The molecule has 1 N–H and O–H groups in total. The summed E-state index contributed by atoms with van der Waals surface area (Å²) in [5.41, 5.74) is 1.25. The van der Waals surface area contributed by atoms with Gasteiger partial charge in [0.2, 0.25) is 0 Å². The lowest BCUT2D eigenvalue weighted by molar-refractivity contribution is 0.381. The summed E-state index contributed by atoms with van der Waals surface area (Å²) in [5, 5.41) is 8.36. The van der Waals surface area contributed by atoms with E-state index < -0.39 is 0 Å². The number of rotatable bonds is 5. The SMILES string of the molecule is CCNC(=NCCc1cnn(C)c1)N1CCSC(C(C)C)C1. The molecular weight excluding hydrogens is 294 g/mol. The van der Waals surface area contributed by atoms with E-state index in [1.165, 1.54) is 11.3 Å². The minimum atomic E-state index is 0.705. The molecule has 2 heterocycles. The van der Waals surface area contributed by atoms with Crippen molar-refractivity contribution in [3.05, 3.63) is 18.0 Å². The van der Waals surface area contributed by atoms with Crippen molar-refractivity contribution in [1.82, 2.24) is 20.0 Å². The van der Waals surface area contributed by atoms with Gasteiger partial charge < -0.3 is 10.2 Å². The largest absolute Gasteiger partial charge is 0.357 e. The molecular formula is C16H29N5S. The number of nitrogens with one attached hydrogen (secondary N) is 1. The molecule has 5 nitrogen and oxygen atoms in total. The standard InChI is InChI=1S/C16H29N5S/c1-5-17-16(18-7-6-14-10-19-20(4)11-14)21-8-9-22-15(12-21)13(2)3/h10-11,13,15H,5-9,12H2,1-4H3,(H,17,18). The maximum atomic E-state index is 4.82. The number of aromatic nitrogens is 2. The fourth-order valence-electron chi connectivity index (χ4n) is 2.59. The highest BCUT2D eigenvalue weighted by molar-refractivity contribution is 8.00. The average molecular weight is 324 g/mol. The second kappa shape index (κ2) is 8.46. The van der Waals surface area contributed by atoms with Crippen LogP contribution in [0, 0.1) is 5.92 Å². The van der Waals surface area contributed by atoms with Crippen molar-refractivity contribution in [3.63, 3.8) is 0 Å². The molecule has 1 aromatic heterocycles. The monoisotopic (exact) mass is 323 g/mol. The first-order valence-electron chi connectivity index (χ1n) is 8.22. The van der Waals surface area contributed by atoms with Gasteiger partial charge >= 0.3 is 0 Å². The van der Waals surface area contributed by atoms with E-state index in [-0.39, 0.29) is 0 Å². The molecule has 1 aliphatic heterocycles. The van der Waals surface area contributed by atoms with Gasteiger partial charge in [-0.15, -0.1) is 0 Å². The van der Waals surface area contributed by atoms with Crippen LogP contribution >= 0.6 is 11.8 Å². The van der Waals surface area contributed by atoms with E-state index in [0.29, 0.717) is 11.2 Å². The van der Waals surface area contributed by atoms with Crippen molar-refractivity contribution < 1.29 is 0 Å². The second-order valence-electron chi connectivity index (χ2n) is 6.11. The van der Waals surface area contributed by atoms with Crippen molar-refractivity contribution in [2.75, 3.05) is 31.9 Å². The number of hydrogen-bond donors (Lipinski definition) is 1. The molecule has 0 aliphatic carbocycles. The molecule has 0 bridgehead atoms. The molecule has 0 aromatic carbocycles. The fourth-order valence-corrected chi connectivity index (χ4v) is 3.89. The van der Waals surface area contributed by atoms with Gasteiger partial charge in [-0.2, -0.15) is 16.9 Å². The summed E-state index contributed by atoms with van der Waals surface area (Å²) in [7, 11) is 1.95. The summed E-state index contributed by atoms with van der Waals surface area (Å²) in [4.78, 5) is 7.25. The molecule has 1 atom stereocenters. The zero-order valence-electron chi connectivity index (χ0n) is 14.2. The molecule has 1 aliphatic rings. The fraction of sp³-hybridized carbons (Fsp3) is 0.750. The Morgan fingerprint density at radius 1 is 1.55 bits per heavy atom. The van der Waals surface area contributed by atoms with Crippen LogP contribution in [-0.2, 0) is 13.5 Å². The third-order valence-corrected chi connectivity index (χ3v) is 5.43. The Morgan fingerprint density at radius 3 is 3.00 bits per heavy atom. The highest BCUT2D eigenvalue weighted by Crippen LogP contribution is 2.24. The third kappa shape index (κ3) is 4.93. The van der Waals surface area contributed by atoms with Gasteiger partial charge in [0.25, 0.3) is 0 Å². The number of thioether (sulfide) groups is 1. The summed E-state index contributed by atoms with van der Waals surface area (Å²) in [6, 6.07) is 0. The van der Waals surface area contributed by atoms with Crippen molar-refractivity contribution in [2.45, 2.75) is 32.4 Å². The zero-order chi connectivity index (χ0) is 15.9. The highest BCUT2D eigenvalue weighted by atomic mass is 32.2. The van der Waals surface area contributed by atoms with Gasteiger partial charge in [-0.3, -0.25) is 9.67 Å². The topological polar surface area (TPSA) is 45.5 Å². The quantitative estimate of drug-likeness (QED) is 0.665. The Hall–Kier alpha value is -1.17. The summed E-state index contributed by atoms with van der Waals surface area (Å²) in [5.74, 6) is 2.97. The van der Waals surface area contributed by atoms with E-state index in [0.717, 1.165) is 38.6 Å². The smallest absolute Gasteiger partial charge is 0.193 e. The van der Waals surface area contributed by atoms with Crippen molar-refractivity contribution in [2.24, 2.45) is 18.0 Å². The lowest BCUT2D eigenvalue weighted by atomic mass is 10.1. The van der Waals surface area contributed by atoms with Crippen LogP contribution in [0.5, 0.6) is 0 Å². The first-order valence-corrected chi connectivity index (χ1v) is 9.27. The molecule has 0 amide bonds. The molecule has 0 spiro atoms. The van der Waals surface area contributed by atoms with Crippen molar-refractivity contribution >= 4 is 17.7 Å². The molecule has 22 heavy (non-hydrogen) atoms. The van der Waals surface area contributed by atoms with Gasteiger partial charge in [-0.25, -0.2) is 0 Å². The van der Waals surface area contributed by atoms with E-state index in [4.69, 9.17) is 4.99 Å². The van der Waals surface area contributed by atoms with E-state index in [9.17, 15) is 0 Å². The Morgan fingerprint density at radius 2 is 2.36 bits per heavy atom. The maximum Gasteiger partial charge on any atom is 0.193 e. The Balaban J connectivity index is 1.94. The van der Waals surface area contributed by atoms with Crippen molar-refractivity contribution in [3.8, 4) is 0 Å². The maximum absolute atomic E-state index is 4.82. The van der Waals surface area contributed by atoms with Crippen LogP contribution in [0.15, 0.2) is 17.4 Å². The molecule has 1 fully saturated rings. The predicted octanol–water partition coefficient (Wildman–Crippen LogP) is 2.00. The summed E-state index contributed by atoms with van der Waals surface area (Å²) in [6.45, 7) is 10.7. The number of aliphatic imine (C=N–C) groups is 1. The number of hydrogen-bond acceptors (Lipinski definition) is 3. The first-order chi connectivity index (χ1) is 10.6. The lowest BCUT2D eigenvalue weighted by Gasteiger charge is -2.36. The van der Waals surface area contributed by atoms with Crippen LogP contribution < -0.4 is 5.32 Å². The molecule has 6 heteroatoms. The number of nitrogens with zero attached hydrogens (tertiary/aromatic N) is 4. The van der Waals surface area contributed by atoms with E-state index in [1.54, 1.807) is 0 Å². The summed E-state index contributed by atoms with van der Waals surface area (Å²) < 4.78 is 1.85. The molecule has 1 unspecified atom stereocenters. The van der Waals surface area contributed by atoms with Gasteiger partial charge in [0.15, 0.2) is 5.96 Å². The average Bonchev–Trinajstić information content (AvgIpc) is 2.92. The van der Waals surface area contributed by atoms with Gasteiger partial charge in [0.05, 0.1) is 6.20 Å². The van der Waals surface area contributed by atoms with Gasteiger partial charge in [0.1, 0.15) is 0 Å². The third-order valence-electron chi connectivity index (χ3n) is 3.89. The van der Waals surface area contributed by atoms with Gasteiger partial charge in [0, 0.05) is 50.4 Å². The highest BCUT2D eigenvalue weighted by Gasteiger charge is 2.24. The normalized spacial score (nSPS) is 19.8. The second-order valence-corrected chi connectivity index (χ2v) is 7.45. The van der Waals surface area contributed by atoms with Gasteiger partial charge in [-0.05, 0) is 24.8 Å². The van der Waals surface area contributed by atoms with E-state index in [1.807, 2.05) is 17.9 Å². The molecule has 1 aromatic rings. The Bertz CT molecular complexity index is 483. The molecule has 124 valence electrons. The first kappa shape index (κ1) is 17.2. The molecule has 0 radical (unpaired) electrons. The minimum Gasteiger partial charge on any atom is -0.357 e. The van der Waals surface area contributed by atoms with Crippen LogP contribution in [0.25, 0.3) is 0 Å². The van der Waals surface area contributed by atoms with Crippen LogP contribution in [-0.4, -0.2) is 57.8 Å². The van der Waals surface area contributed by atoms with Crippen molar-refractivity contribution in [1.29, 1.82) is 0 Å². The van der Waals surface area contributed by atoms with Gasteiger partial charge in [-0.1, -0.05) is 13.8 Å². The van der Waals surface area contributed by atoms with Crippen LogP contribution in [0.3, 0.4) is 0 Å². The number of aryl methyl sites for hydroxylation is 1. The molecule has 2 rings (SSSR count). The predicted molar refractivity (Wildman–Crippen MR) is 95.5 cm³/mol.